The van der Waals surface area contributed by atoms with E-state index in [0.717, 1.165) is 0 Å². The van der Waals surface area contributed by atoms with Crippen molar-refractivity contribution in [3.63, 3.8) is 0 Å². The highest BCUT2D eigenvalue weighted by Gasteiger charge is 2.29. The first kappa shape index (κ1) is 16.2. The number of rotatable bonds is 6. The zero-order valence-electron chi connectivity index (χ0n) is 11.2. The Hall–Kier alpha value is -1.88. The van der Waals surface area contributed by atoms with Gasteiger partial charge < -0.3 is 9.47 Å². The fraction of sp³-hybridized carbons (Fsp3) is 0.357. The van der Waals surface area contributed by atoms with E-state index in [4.69, 9.17) is 11.6 Å². The van der Waals surface area contributed by atoms with E-state index in [2.05, 4.69) is 9.47 Å². The number of methoxy groups -OCH3 is 2. The molecule has 0 aliphatic rings. The summed E-state index contributed by atoms with van der Waals surface area (Å²) in [5, 5.41) is 0.491. The first-order valence-corrected chi connectivity index (χ1v) is 6.31. The molecule has 0 aliphatic heterocycles. The Morgan fingerprint density at radius 1 is 1.10 bits per heavy atom. The predicted octanol–water partition coefficient (Wildman–Crippen LogP) is 2.27. The maximum absolute atomic E-state index is 12.3. The molecular weight excluding hydrogens is 284 g/mol. The van der Waals surface area contributed by atoms with Crippen molar-refractivity contribution in [1.29, 1.82) is 0 Å². The standard InChI is InChI=1S/C14H15ClO5/c1-19-12(16)8-7-11(14(18)20-2)13(17)9-3-5-10(15)6-4-9/h3-6,11H,7-8H2,1-2H3. The van der Waals surface area contributed by atoms with Gasteiger partial charge >= 0.3 is 11.9 Å². The SMILES string of the molecule is COC(=O)CCC(C(=O)OC)C(=O)c1ccc(Cl)cc1. The van der Waals surface area contributed by atoms with Gasteiger partial charge in [0.05, 0.1) is 14.2 Å². The molecule has 6 heteroatoms. The van der Waals surface area contributed by atoms with Crippen LogP contribution in [-0.4, -0.2) is 31.9 Å². The Morgan fingerprint density at radius 2 is 1.70 bits per heavy atom. The Labute approximate surface area is 121 Å². The molecule has 1 rings (SSSR count). The lowest BCUT2D eigenvalue weighted by Crippen LogP contribution is -2.26. The number of carbonyl (C=O) groups is 3. The summed E-state index contributed by atoms with van der Waals surface area (Å²) in [5.74, 6) is -2.59. The molecule has 0 saturated heterocycles. The second-order valence-electron chi connectivity index (χ2n) is 4.06. The summed E-state index contributed by atoms with van der Waals surface area (Å²) in [6.07, 6.45) is 0.0103. The average molecular weight is 299 g/mol. The second-order valence-corrected chi connectivity index (χ2v) is 4.50. The van der Waals surface area contributed by atoms with E-state index in [0.29, 0.717) is 10.6 Å². The monoisotopic (exact) mass is 298 g/mol. The number of Topliss-reactive ketones (excluding diaryl/α,β-unsaturated/α-hetero) is 1. The van der Waals surface area contributed by atoms with Gasteiger partial charge in [-0.25, -0.2) is 0 Å². The molecule has 0 N–H and O–H groups in total. The molecule has 0 heterocycles. The molecule has 108 valence electrons. The molecular formula is C14H15ClO5. The van der Waals surface area contributed by atoms with Crippen molar-refractivity contribution in [2.24, 2.45) is 5.92 Å². The van der Waals surface area contributed by atoms with Crippen LogP contribution < -0.4 is 0 Å². The van der Waals surface area contributed by atoms with E-state index in [9.17, 15) is 14.4 Å². The van der Waals surface area contributed by atoms with Gasteiger partial charge in [-0.15, -0.1) is 0 Å². The maximum Gasteiger partial charge on any atom is 0.316 e. The number of benzene rings is 1. The quantitative estimate of drug-likeness (QED) is 0.458. The van der Waals surface area contributed by atoms with Gasteiger partial charge in [0.15, 0.2) is 5.78 Å². The molecule has 1 atom stereocenters. The van der Waals surface area contributed by atoms with Gasteiger partial charge in [-0.1, -0.05) is 11.6 Å². The molecule has 0 fully saturated rings. The third kappa shape index (κ3) is 4.35. The normalized spacial score (nSPS) is 11.6. The third-order valence-electron chi connectivity index (χ3n) is 2.80. The van der Waals surface area contributed by atoms with Crippen LogP contribution in [0.2, 0.25) is 5.02 Å². The third-order valence-corrected chi connectivity index (χ3v) is 3.05. The highest BCUT2D eigenvalue weighted by Crippen LogP contribution is 2.18. The zero-order chi connectivity index (χ0) is 15.1. The largest absolute Gasteiger partial charge is 0.469 e. The van der Waals surface area contributed by atoms with Crippen molar-refractivity contribution in [3.8, 4) is 0 Å². The summed E-state index contributed by atoms with van der Waals surface area (Å²) in [4.78, 5) is 35.1. The maximum atomic E-state index is 12.3. The van der Waals surface area contributed by atoms with Crippen LogP contribution in [0.1, 0.15) is 23.2 Å². The van der Waals surface area contributed by atoms with Crippen LogP contribution in [0.25, 0.3) is 0 Å². The van der Waals surface area contributed by atoms with Gasteiger partial charge in [-0.3, -0.25) is 14.4 Å². The minimum absolute atomic E-state index is 0.0321. The van der Waals surface area contributed by atoms with Crippen molar-refractivity contribution >= 4 is 29.3 Å². The number of hydrogen-bond donors (Lipinski definition) is 0. The van der Waals surface area contributed by atoms with Crippen molar-refractivity contribution < 1.29 is 23.9 Å². The fourth-order valence-electron chi connectivity index (χ4n) is 1.68. The summed E-state index contributed by atoms with van der Waals surface area (Å²) >= 11 is 5.74. The summed E-state index contributed by atoms with van der Waals surface area (Å²) in [6.45, 7) is 0. The number of ether oxygens (including phenoxy) is 2. The molecule has 0 amide bonds. The Balaban J connectivity index is 2.87. The minimum Gasteiger partial charge on any atom is -0.469 e. The molecule has 0 aromatic heterocycles. The van der Waals surface area contributed by atoms with Gasteiger partial charge in [0.2, 0.25) is 0 Å². The molecule has 0 spiro atoms. The predicted molar refractivity (Wildman–Crippen MR) is 72.5 cm³/mol. The van der Waals surface area contributed by atoms with Crippen molar-refractivity contribution in [2.75, 3.05) is 14.2 Å². The lowest BCUT2D eigenvalue weighted by atomic mass is 9.93. The fourth-order valence-corrected chi connectivity index (χ4v) is 1.80. The van der Waals surface area contributed by atoms with E-state index in [1.54, 1.807) is 12.1 Å². The van der Waals surface area contributed by atoms with Crippen molar-refractivity contribution in [2.45, 2.75) is 12.8 Å². The lowest BCUT2D eigenvalue weighted by molar-refractivity contribution is -0.145. The van der Waals surface area contributed by atoms with E-state index in [1.807, 2.05) is 0 Å². The van der Waals surface area contributed by atoms with Crippen molar-refractivity contribution in [3.05, 3.63) is 34.9 Å². The molecule has 1 aromatic rings. The van der Waals surface area contributed by atoms with Gasteiger partial charge in [0.25, 0.3) is 0 Å². The molecule has 0 saturated carbocycles. The first-order valence-electron chi connectivity index (χ1n) is 5.94. The van der Waals surface area contributed by atoms with Gasteiger partial charge in [0, 0.05) is 17.0 Å². The molecule has 1 unspecified atom stereocenters. The van der Waals surface area contributed by atoms with Crippen LogP contribution in [0.15, 0.2) is 24.3 Å². The number of halogens is 1. The van der Waals surface area contributed by atoms with E-state index in [-0.39, 0.29) is 12.8 Å². The molecule has 0 radical (unpaired) electrons. The Morgan fingerprint density at radius 3 is 2.20 bits per heavy atom. The van der Waals surface area contributed by atoms with Gasteiger partial charge in [0.1, 0.15) is 5.92 Å². The van der Waals surface area contributed by atoms with E-state index < -0.39 is 23.6 Å². The van der Waals surface area contributed by atoms with Crippen LogP contribution >= 0.6 is 11.6 Å². The molecule has 20 heavy (non-hydrogen) atoms. The molecule has 0 aliphatic carbocycles. The van der Waals surface area contributed by atoms with Crippen LogP contribution in [0.3, 0.4) is 0 Å². The Bertz CT molecular complexity index is 495. The number of hydrogen-bond acceptors (Lipinski definition) is 5. The molecule has 0 bridgehead atoms. The number of carbonyl (C=O) groups excluding carboxylic acids is 3. The molecule has 1 aromatic carbocycles. The van der Waals surface area contributed by atoms with Crippen LogP contribution in [-0.2, 0) is 19.1 Å². The van der Waals surface area contributed by atoms with Crippen molar-refractivity contribution in [1.82, 2.24) is 0 Å². The second kappa shape index (κ2) is 7.65. The van der Waals surface area contributed by atoms with Gasteiger partial charge in [-0.05, 0) is 30.7 Å². The van der Waals surface area contributed by atoms with Crippen LogP contribution in [0.5, 0.6) is 0 Å². The van der Waals surface area contributed by atoms with Gasteiger partial charge in [-0.2, -0.15) is 0 Å². The summed E-state index contributed by atoms with van der Waals surface area (Å²) < 4.78 is 9.10. The number of esters is 2. The molecule has 5 nitrogen and oxygen atoms in total. The lowest BCUT2D eigenvalue weighted by Gasteiger charge is -2.13. The summed E-state index contributed by atoms with van der Waals surface area (Å²) in [5.41, 5.74) is 0.342. The highest BCUT2D eigenvalue weighted by atomic mass is 35.5. The highest BCUT2D eigenvalue weighted by molar-refractivity contribution is 6.30. The van der Waals surface area contributed by atoms with Crippen LogP contribution in [0, 0.1) is 5.92 Å². The zero-order valence-corrected chi connectivity index (χ0v) is 12.0. The average Bonchev–Trinajstić information content (AvgIpc) is 2.47. The van der Waals surface area contributed by atoms with Crippen LogP contribution in [0.4, 0.5) is 0 Å². The minimum atomic E-state index is -1.03. The summed E-state index contributed by atoms with van der Waals surface area (Å²) in [6, 6.07) is 6.17. The smallest absolute Gasteiger partial charge is 0.316 e. The van der Waals surface area contributed by atoms with E-state index >= 15 is 0 Å². The Kier molecular flexibility index (Phi) is 6.18. The number of ketones is 1. The van der Waals surface area contributed by atoms with E-state index in [1.165, 1.54) is 26.4 Å². The topological polar surface area (TPSA) is 69.7 Å². The summed E-state index contributed by atoms with van der Waals surface area (Å²) in [7, 11) is 2.44. The first-order chi connectivity index (χ1) is 9.49.